The number of rotatable bonds is 4. The average molecular weight is 268 g/mol. The predicted octanol–water partition coefficient (Wildman–Crippen LogP) is 1.73. The fourth-order valence-corrected chi connectivity index (χ4v) is 2.34. The molecule has 0 atom stereocenters. The van der Waals surface area contributed by atoms with Crippen LogP contribution in [0.5, 0.6) is 0 Å². The Kier molecular flexibility index (Phi) is 3.10. The second kappa shape index (κ2) is 4.92. The summed E-state index contributed by atoms with van der Waals surface area (Å²) < 4.78 is 3.74. The quantitative estimate of drug-likeness (QED) is 0.724. The minimum Gasteiger partial charge on any atom is -0.304 e. The lowest BCUT2D eigenvalue weighted by Gasteiger charge is -2.04. The number of fused-ring (bicyclic) bond motifs is 1. The zero-order valence-corrected chi connectivity index (χ0v) is 11.6. The number of imidazole rings is 1. The maximum atomic E-state index is 12.2. The van der Waals surface area contributed by atoms with E-state index in [1.807, 2.05) is 48.8 Å². The number of carbonyl (C=O) groups is 1. The molecule has 0 aromatic carbocycles. The van der Waals surface area contributed by atoms with Crippen molar-refractivity contribution in [2.45, 2.75) is 19.8 Å². The predicted molar refractivity (Wildman–Crippen MR) is 75.6 cm³/mol. The maximum Gasteiger partial charge on any atom is 0.144 e. The Hall–Kier alpha value is -2.43. The highest BCUT2D eigenvalue weighted by atomic mass is 16.1. The van der Waals surface area contributed by atoms with E-state index in [9.17, 15) is 4.79 Å². The minimum atomic E-state index is 0.157. The van der Waals surface area contributed by atoms with Crippen LogP contribution in [0, 0.1) is 6.92 Å². The van der Waals surface area contributed by atoms with Gasteiger partial charge in [0.15, 0.2) is 0 Å². The molecule has 0 saturated carbocycles. The van der Waals surface area contributed by atoms with Crippen molar-refractivity contribution in [2.24, 2.45) is 7.05 Å². The van der Waals surface area contributed by atoms with Crippen LogP contribution in [-0.4, -0.2) is 24.9 Å². The highest BCUT2D eigenvalue weighted by Gasteiger charge is 2.10. The first-order valence-electron chi connectivity index (χ1n) is 6.55. The van der Waals surface area contributed by atoms with Crippen LogP contribution in [0.25, 0.3) is 5.65 Å². The number of nitrogens with zero attached hydrogens (tertiary/aromatic N) is 4. The molecule has 3 heterocycles. The minimum absolute atomic E-state index is 0.157. The molecule has 0 radical (unpaired) electrons. The summed E-state index contributed by atoms with van der Waals surface area (Å²) in [5, 5.41) is 4.32. The van der Waals surface area contributed by atoms with Crippen molar-refractivity contribution in [1.29, 1.82) is 0 Å². The number of aryl methyl sites for hydroxylation is 2. The molecule has 3 aromatic heterocycles. The van der Waals surface area contributed by atoms with E-state index in [1.54, 1.807) is 10.9 Å². The van der Waals surface area contributed by atoms with E-state index in [2.05, 4.69) is 10.1 Å². The molecule has 0 bridgehead atoms. The van der Waals surface area contributed by atoms with Crippen molar-refractivity contribution in [3.8, 4) is 0 Å². The van der Waals surface area contributed by atoms with Gasteiger partial charge in [-0.25, -0.2) is 4.98 Å². The summed E-state index contributed by atoms with van der Waals surface area (Å²) >= 11 is 0. The van der Waals surface area contributed by atoms with E-state index < -0.39 is 0 Å². The van der Waals surface area contributed by atoms with Crippen molar-refractivity contribution < 1.29 is 4.79 Å². The third-order valence-corrected chi connectivity index (χ3v) is 3.43. The largest absolute Gasteiger partial charge is 0.304 e. The van der Waals surface area contributed by atoms with Crippen molar-refractivity contribution in [3.63, 3.8) is 0 Å². The Labute approximate surface area is 116 Å². The van der Waals surface area contributed by atoms with Crippen LogP contribution in [0.3, 0.4) is 0 Å². The van der Waals surface area contributed by atoms with Gasteiger partial charge in [-0.05, 0) is 25.1 Å². The fraction of sp³-hybridized carbons (Fsp3) is 0.267. The van der Waals surface area contributed by atoms with E-state index in [4.69, 9.17) is 0 Å². The summed E-state index contributed by atoms with van der Waals surface area (Å²) in [5.74, 6) is 0.157. The van der Waals surface area contributed by atoms with Crippen LogP contribution >= 0.6 is 0 Å². The highest BCUT2D eigenvalue weighted by molar-refractivity contribution is 5.82. The molecule has 0 aliphatic carbocycles. The standard InChI is InChI=1S/C15H16N4O/c1-11-8-12(17-18(11)2)9-14(20)10-13-4-3-5-15-16-6-7-19(13)15/h3-8H,9-10H2,1-2H3. The van der Waals surface area contributed by atoms with Gasteiger partial charge in [-0.15, -0.1) is 0 Å². The van der Waals surface area contributed by atoms with Crippen molar-refractivity contribution in [3.05, 3.63) is 53.7 Å². The molecule has 20 heavy (non-hydrogen) atoms. The van der Waals surface area contributed by atoms with Crippen molar-refractivity contribution >= 4 is 11.4 Å². The SMILES string of the molecule is Cc1cc(CC(=O)Cc2cccc3nccn23)nn1C. The third kappa shape index (κ3) is 2.34. The van der Waals surface area contributed by atoms with Crippen LogP contribution in [-0.2, 0) is 24.7 Å². The van der Waals surface area contributed by atoms with Crippen LogP contribution in [0.4, 0.5) is 0 Å². The Morgan fingerprint density at radius 3 is 2.90 bits per heavy atom. The van der Waals surface area contributed by atoms with Crippen LogP contribution in [0.1, 0.15) is 17.1 Å². The first kappa shape index (κ1) is 12.6. The van der Waals surface area contributed by atoms with Gasteiger partial charge in [-0.2, -0.15) is 5.10 Å². The molecular weight excluding hydrogens is 252 g/mol. The lowest BCUT2D eigenvalue weighted by Crippen LogP contribution is -2.10. The Balaban J connectivity index is 1.77. The summed E-state index contributed by atoms with van der Waals surface area (Å²) in [6, 6.07) is 7.76. The summed E-state index contributed by atoms with van der Waals surface area (Å²) in [7, 11) is 1.88. The van der Waals surface area contributed by atoms with Gasteiger partial charge in [0.2, 0.25) is 0 Å². The number of ketones is 1. The molecule has 3 aromatic rings. The molecule has 0 aliphatic heterocycles. The van der Waals surface area contributed by atoms with Crippen LogP contribution in [0.2, 0.25) is 0 Å². The topological polar surface area (TPSA) is 52.2 Å². The normalized spacial score (nSPS) is 11.1. The lowest BCUT2D eigenvalue weighted by molar-refractivity contribution is -0.117. The molecule has 0 amide bonds. The van der Waals surface area contributed by atoms with E-state index >= 15 is 0 Å². The molecule has 0 aliphatic rings. The molecule has 5 heteroatoms. The van der Waals surface area contributed by atoms with Crippen molar-refractivity contribution in [1.82, 2.24) is 19.2 Å². The summed E-state index contributed by atoms with van der Waals surface area (Å²) in [4.78, 5) is 16.4. The van der Waals surface area contributed by atoms with Crippen molar-refractivity contribution in [2.75, 3.05) is 0 Å². The zero-order chi connectivity index (χ0) is 14.1. The number of hydrogen-bond acceptors (Lipinski definition) is 3. The number of aromatic nitrogens is 4. The van der Waals surface area contributed by atoms with E-state index in [1.165, 1.54) is 0 Å². The molecule has 5 nitrogen and oxygen atoms in total. The molecule has 0 spiro atoms. The Morgan fingerprint density at radius 2 is 2.15 bits per heavy atom. The van der Waals surface area contributed by atoms with Gasteiger partial charge in [-0.1, -0.05) is 6.07 Å². The van der Waals surface area contributed by atoms with Crippen LogP contribution < -0.4 is 0 Å². The van der Waals surface area contributed by atoms with Gasteiger partial charge in [0.1, 0.15) is 11.4 Å². The number of hydrogen-bond donors (Lipinski definition) is 0. The molecule has 3 rings (SSSR count). The van der Waals surface area contributed by atoms with Gasteiger partial charge >= 0.3 is 0 Å². The van der Waals surface area contributed by atoms with Gasteiger partial charge < -0.3 is 4.40 Å². The first-order chi connectivity index (χ1) is 9.63. The summed E-state index contributed by atoms with van der Waals surface area (Å²) in [6.07, 6.45) is 4.38. The van der Waals surface area contributed by atoms with E-state index in [-0.39, 0.29) is 5.78 Å². The maximum absolute atomic E-state index is 12.2. The Morgan fingerprint density at radius 1 is 1.30 bits per heavy atom. The summed E-state index contributed by atoms with van der Waals surface area (Å²) in [6.45, 7) is 1.98. The zero-order valence-electron chi connectivity index (χ0n) is 11.6. The van der Waals surface area contributed by atoms with Gasteiger partial charge in [-0.3, -0.25) is 9.48 Å². The smallest absolute Gasteiger partial charge is 0.144 e. The third-order valence-electron chi connectivity index (χ3n) is 3.43. The monoisotopic (exact) mass is 268 g/mol. The first-order valence-corrected chi connectivity index (χ1v) is 6.55. The number of carbonyl (C=O) groups excluding carboxylic acids is 1. The number of Topliss-reactive ketones (excluding diaryl/α,β-unsaturated/α-hetero) is 1. The van der Waals surface area contributed by atoms with E-state index in [0.717, 1.165) is 22.7 Å². The molecule has 0 saturated heterocycles. The molecule has 0 unspecified atom stereocenters. The highest BCUT2D eigenvalue weighted by Crippen LogP contribution is 2.09. The van der Waals surface area contributed by atoms with Gasteiger partial charge in [0.25, 0.3) is 0 Å². The fourth-order valence-electron chi connectivity index (χ4n) is 2.34. The summed E-state index contributed by atoms with van der Waals surface area (Å²) in [5.41, 5.74) is 3.71. The average Bonchev–Trinajstić information content (AvgIpc) is 2.98. The molecule has 0 fully saturated rings. The molecule has 0 N–H and O–H groups in total. The molecule has 102 valence electrons. The second-order valence-electron chi connectivity index (χ2n) is 4.97. The van der Waals surface area contributed by atoms with Gasteiger partial charge in [0.05, 0.1) is 12.1 Å². The van der Waals surface area contributed by atoms with E-state index in [0.29, 0.717) is 12.8 Å². The van der Waals surface area contributed by atoms with Gasteiger partial charge in [0, 0.05) is 37.3 Å². The second-order valence-corrected chi connectivity index (χ2v) is 4.97. The Bertz CT molecular complexity index is 750. The number of pyridine rings is 1. The van der Waals surface area contributed by atoms with Crippen LogP contribution in [0.15, 0.2) is 36.7 Å². The lowest BCUT2D eigenvalue weighted by atomic mass is 10.1. The molecular formula is C15H16N4O.